The van der Waals surface area contributed by atoms with Crippen LogP contribution >= 0.6 is 0 Å². The van der Waals surface area contributed by atoms with Crippen molar-refractivity contribution in [2.24, 2.45) is 0 Å². The van der Waals surface area contributed by atoms with Gasteiger partial charge in [0.15, 0.2) is 5.82 Å². The monoisotopic (exact) mass is 354 g/mol. The number of carbonyl (C=O) groups is 1. The van der Waals surface area contributed by atoms with Gasteiger partial charge >= 0.3 is 0 Å². The molecule has 2 aromatic heterocycles. The zero-order valence-corrected chi connectivity index (χ0v) is 14.2. The summed E-state index contributed by atoms with van der Waals surface area (Å²) in [6.45, 7) is 3.49. The number of amides is 1. The number of aromatic nitrogens is 3. The fourth-order valence-corrected chi connectivity index (χ4v) is 2.60. The van der Waals surface area contributed by atoms with Crippen LogP contribution in [0.25, 0.3) is 11.4 Å². The number of aryl methyl sites for hydroxylation is 1. The minimum atomic E-state index is -0.907. The number of pyridine rings is 1. The molecule has 1 aromatic carbocycles. The fraction of sp³-hybridized carbons (Fsp3) is 0.158. The molecule has 7 heteroatoms. The molecule has 0 bridgehead atoms. The molecule has 2 heterocycles. The SMILES string of the molecule is Cc1nc(-c2ccncc2)ncc1[C@H](C)NC(=O)c1c(F)cccc1F. The first-order valence-corrected chi connectivity index (χ1v) is 7.96. The molecule has 1 N–H and O–H groups in total. The van der Waals surface area contributed by atoms with Gasteiger partial charge in [-0.3, -0.25) is 9.78 Å². The number of hydrogen-bond acceptors (Lipinski definition) is 4. The number of rotatable bonds is 4. The van der Waals surface area contributed by atoms with E-state index in [4.69, 9.17) is 0 Å². The van der Waals surface area contributed by atoms with Gasteiger partial charge in [0.1, 0.15) is 17.2 Å². The quantitative estimate of drug-likeness (QED) is 0.777. The van der Waals surface area contributed by atoms with Crippen molar-refractivity contribution >= 4 is 5.91 Å². The molecule has 0 unspecified atom stereocenters. The Kier molecular flexibility index (Phi) is 4.97. The van der Waals surface area contributed by atoms with Gasteiger partial charge in [-0.15, -0.1) is 0 Å². The molecule has 0 radical (unpaired) electrons. The molecule has 0 saturated heterocycles. The van der Waals surface area contributed by atoms with Crippen LogP contribution in [0.1, 0.15) is 34.6 Å². The highest BCUT2D eigenvalue weighted by Crippen LogP contribution is 2.20. The number of hydrogen-bond donors (Lipinski definition) is 1. The van der Waals surface area contributed by atoms with Gasteiger partial charge in [-0.2, -0.15) is 0 Å². The van der Waals surface area contributed by atoms with Crippen molar-refractivity contribution < 1.29 is 13.6 Å². The van der Waals surface area contributed by atoms with E-state index in [1.54, 1.807) is 44.6 Å². The Hall–Kier alpha value is -3.22. The van der Waals surface area contributed by atoms with Crippen LogP contribution in [0, 0.1) is 18.6 Å². The maximum atomic E-state index is 13.7. The summed E-state index contributed by atoms with van der Waals surface area (Å²) >= 11 is 0. The predicted molar refractivity (Wildman–Crippen MR) is 92.2 cm³/mol. The smallest absolute Gasteiger partial charge is 0.257 e. The molecule has 0 saturated carbocycles. The molecule has 3 aromatic rings. The molecule has 0 fully saturated rings. The van der Waals surface area contributed by atoms with E-state index in [1.165, 1.54) is 6.07 Å². The summed E-state index contributed by atoms with van der Waals surface area (Å²) in [6, 6.07) is 6.36. The van der Waals surface area contributed by atoms with E-state index >= 15 is 0 Å². The van der Waals surface area contributed by atoms with E-state index in [0.29, 0.717) is 17.1 Å². The van der Waals surface area contributed by atoms with Crippen LogP contribution in [-0.2, 0) is 0 Å². The summed E-state index contributed by atoms with van der Waals surface area (Å²) in [6.07, 6.45) is 4.89. The summed E-state index contributed by atoms with van der Waals surface area (Å²) < 4.78 is 27.5. The van der Waals surface area contributed by atoms with Crippen molar-refractivity contribution in [3.8, 4) is 11.4 Å². The minimum Gasteiger partial charge on any atom is -0.345 e. The van der Waals surface area contributed by atoms with E-state index in [0.717, 1.165) is 17.7 Å². The highest BCUT2D eigenvalue weighted by atomic mass is 19.1. The number of nitrogens with one attached hydrogen (secondary N) is 1. The van der Waals surface area contributed by atoms with E-state index in [1.807, 2.05) is 0 Å². The van der Waals surface area contributed by atoms with E-state index in [-0.39, 0.29) is 0 Å². The summed E-state index contributed by atoms with van der Waals surface area (Å²) in [5.74, 6) is -2.11. The second-order valence-corrected chi connectivity index (χ2v) is 5.76. The van der Waals surface area contributed by atoms with Crippen molar-refractivity contribution in [3.05, 3.63) is 77.4 Å². The van der Waals surface area contributed by atoms with Gasteiger partial charge in [-0.1, -0.05) is 6.07 Å². The van der Waals surface area contributed by atoms with Crippen molar-refractivity contribution in [1.82, 2.24) is 20.3 Å². The first kappa shape index (κ1) is 17.6. The molecular weight excluding hydrogens is 338 g/mol. The Morgan fingerprint density at radius 2 is 1.77 bits per heavy atom. The van der Waals surface area contributed by atoms with Gasteiger partial charge in [-0.25, -0.2) is 18.7 Å². The number of benzene rings is 1. The second-order valence-electron chi connectivity index (χ2n) is 5.76. The van der Waals surface area contributed by atoms with Crippen molar-refractivity contribution in [1.29, 1.82) is 0 Å². The Morgan fingerprint density at radius 1 is 1.12 bits per heavy atom. The van der Waals surface area contributed by atoms with Gasteiger partial charge in [0.25, 0.3) is 5.91 Å². The van der Waals surface area contributed by atoms with Crippen LogP contribution in [0.4, 0.5) is 8.78 Å². The van der Waals surface area contributed by atoms with Crippen LogP contribution in [-0.4, -0.2) is 20.9 Å². The van der Waals surface area contributed by atoms with E-state index in [9.17, 15) is 13.6 Å². The lowest BCUT2D eigenvalue weighted by Gasteiger charge is -2.17. The number of halogens is 2. The third kappa shape index (κ3) is 3.56. The molecule has 5 nitrogen and oxygen atoms in total. The standard InChI is InChI=1S/C19H16F2N4O/c1-11-14(10-23-18(24-11)13-6-8-22-9-7-13)12(2)25-19(26)17-15(20)4-3-5-16(17)21/h3-10,12H,1-2H3,(H,25,26)/t12-/m0/s1. The normalized spacial score (nSPS) is 11.8. The van der Waals surface area contributed by atoms with Crippen LogP contribution in [0.15, 0.2) is 48.9 Å². The second kappa shape index (κ2) is 7.35. The average molecular weight is 354 g/mol. The highest BCUT2D eigenvalue weighted by molar-refractivity contribution is 5.95. The molecule has 1 atom stereocenters. The Morgan fingerprint density at radius 3 is 2.38 bits per heavy atom. The van der Waals surface area contributed by atoms with E-state index in [2.05, 4.69) is 20.3 Å². The Balaban J connectivity index is 1.82. The van der Waals surface area contributed by atoms with Crippen LogP contribution in [0.5, 0.6) is 0 Å². The van der Waals surface area contributed by atoms with Gasteiger partial charge in [-0.05, 0) is 38.1 Å². The largest absolute Gasteiger partial charge is 0.345 e. The van der Waals surface area contributed by atoms with Crippen LogP contribution in [0.3, 0.4) is 0 Å². The molecule has 0 spiro atoms. The predicted octanol–water partition coefficient (Wildman–Crippen LogP) is 3.62. The lowest BCUT2D eigenvalue weighted by Crippen LogP contribution is -2.29. The van der Waals surface area contributed by atoms with Crippen molar-refractivity contribution in [2.45, 2.75) is 19.9 Å². The first-order valence-electron chi connectivity index (χ1n) is 7.96. The van der Waals surface area contributed by atoms with E-state index < -0.39 is 29.1 Å². The van der Waals surface area contributed by atoms with Crippen molar-refractivity contribution in [3.63, 3.8) is 0 Å². The van der Waals surface area contributed by atoms with Gasteiger partial charge < -0.3 is 5.32 Å². The molecular formula is C19H16F2N4O. The van der Waals surface area contributed by atoms with Gasteiger partial charge in [0.05, 0.1) is 6.04 Å². The van der Waals surface area contributed by atoms with Gasteiger partial charge in [0.2, 0.25) is 0 Å². The highest BCUT2D eigenvalue weighted by Gasteiger charge is 2.20. The van der Waals surface area contributed by atoms with Crippen molar-refractivity contribution in [2.75, 3.05) is 0 Å². The maximum absolute atomic E-state index is 13.7. The Labute approximate surface area is 149 Å². The molecule has 0 aliphatic carbocycles. The third-order valence-electron chi connectivity index (χ3n) is 3.96. The number of nitrogens with zero attached hydrogens (tertiary/aromatic N) is 3. The van der Waals surface area contributed by atoms with Crippen LogP contribution in [0.2, 0.25) is 0 Å². The molecule has 0 aliphatic heterocycles. The lowest BCUT2D eigenvalue weighted by atomic mass is 10.1. The van der Waals surface area contributed by atoms with Gasteiger partial charge in [0, 0.05) is 35.4 Å². The summed E-state index contributed by atoms with van der Waals surface area (Å²) in [7, 11) is 0. The summed E-state index contributed by atoms with van der Waals surface area (Å²) in [5, 5.41) is 2.59. The third-order valence-corrected chi connectivity index (χ3v) is 3.96. The summed E-state index contributed by atoms with van der Waals surface area (Å²) in [4.78, 5) is 24.9. The maximum Gasteiger partial charge on any atom is 0.257 e. The summed E-state index contributed by atoms with van der Waals surface area (Å²) in [5.41, 5.74) is 1.53. The number of carbonyl (C=O) groups excluding carboxylic acids is 1. The minimum absolute atomic E-state index is 0.520. The zero-order chi connectivity index (χ0) is 18.7. The Bertz CT molecular complexity index is 927. The molecule has 0 aliphatic rings. The molecule has 3 rings (SSSR count). The van der Waals surface area contributed by atoms with Crippen LogP contribution < -0.4 is 5.32 Å². The lowest BCUT2D eigenvalue weighted by molar-refractivity contribution is 0.0931. The first-order chi connectivity index (χ1) is 12.5. The molecule has 1 amide bonds. The fourth-order valence-electron chi connectivity index (χ4n) is 2.60. The molecule has 132 valence electrons. The zero-order valence-electron chi connectivity index (χ0n) is 14.2. The molecule has 26 heavy (non-hydrogen) atoms. The topological polar surface area (TPSA) is 67.8 Å². The average Bonchev–Trinajstić information content (AvgIpc) is 2.62.